The molecular weight excluding hydrogens is 436 g/mol. The number of hydrogen-bond acceptors (Lipinski definition) is 8. The second-order valence-corrected chi connectivity index (χ2v) is 7.39. The minimum atomic E-state index is -0.979. The van der Waals surface area contributed by atoms with Crippen LogP contribution in [0.15, 0.2) is 0 Å². The molecule has 31 heavy (non-hydrogen) atoms. The third-order valence-electron chi connectivity index (χ3n) is 4.80. The molecule has 1 rings (SSSR count). The van der Waals surface area contributed by atoms with Crippen LogP contribution in [-0.4, -0.2) is 142 Å². The van der Waals surface area contributed by atoms with Gasteiger partial charge in [-0.25, -0.2) is 0 Å². The predicted octanol–water partition coefficient (Wildman–Crippen LogP) is -1.25. The summed E-state index contributed by atoms with van der Waals surface area (Å²) in [6, 6.07) is 0. The predicted molar refractivity (Wildman–Crippen MR) is 113 cm³/mol. The van der Waals surface area contributed by atoms with E-state index < -0.39 is 23.9 Å². The molecule has 1 fully saturated rings. The number of hydrogen-bond donors (Lipinski definition) is 4. The Balaban J connectivity index is 0.00000900. The van der Waals surface area contributed by atoms with Gasteiger partial charge in [0.05, 0.1) is 26.2 Å². The molecule has 0 aromatic carbocycles. The van der Waals surface area contributed by atoms with Crippen LogP contribution in [0.5, 0.6) is 0 Å². The van der Waals surface area contributed by atoms with E-state index in [1.54, 1.807) is 19.6 Å². The van der Waals surface area contributed by atoms with Crippen molar-refractivity contribution in [2.75, 3.05) is 78.5 Å². The van der Waals surface area contributed by atoms with Gasteiger partial charge in [-0.05, 0) is 12.8 Å². The third kappa shape index (κ3) is 14.6. The minimum absolute atomic E-state index is 0. The zero-order valence-corrected chi connectivity index (χ0v) is 18.3. The van der Waals surface area contributed by atoms with Gasteiger partial charge in [0.25, 0.3) is 0 Å². The number of carbonyl (C=O) groups is 4. The first-order valence-electron chi connectivity index (χ1n) is 9.92. The molecule has 0 unspecified atom stereocenters. The molecule has 180 valence electrons. The third-order valence-corrected chi connectivity index (χ3v) is 4.80. The van der Waals surface area contributed by atoms with E-state index in [4.69, 9.17) is 20.4 Å². The van der Waals surface area contributed by atoms with E-state index in [0.717, 1.165) is 0 Å². The van der Waals surface area contributed by atoms with Crippen molar-refractivity contribution in [2.45, 2.75) is 12.8 Å². The number of rotatable bonds is 8. The molecule has 0 bridgehead atoms. The van der Waals surface area contributed by atoms with Crippen LogP contribution in [0.2, 0.25) is 0 Å². The number of carboxylic acid groups (broad SMARTS) is 4. The molecule has 1 saturated heterocycles. The van der Waals surface area contributed by atoms with Gasteiger partial charge in [0.2, 0.25) is 0 Å². The van der Waals surface area contributed by atoms with E-state index in [2.05, 4.69) is 0 Å². The fraction of sp³-hybridized carbons (Fsp3) is 0.778. The molecule has 0 spiro atoms. The van der Waals surface area contributed by atoms with Gasteiger partial charge in [0.1, 0.15) is 0 Å². The van der Waals surface area contributed by atoms with Crippen molar-refractivity contribution >= 4 is 36.3 Å². The van der Waals surface area contributed by atoms with Crippen molar-refractivity contribution in [3.63, 3.8) is 0 Å². The van der Waals surface area contributed by atoms with Gasteiger partial charge < -0.3 is 20.4 Å². The average Bonchev–Trinajstić information content (AvgIpc) is 2.60. The minimum Gasteiger partial charge on any atom is -0.480 e. The van der Waals surface area contributed by atoms with E-state index in [1.165, 1.54) is 0 Å². The van der Waals surface area contributed by atoms with E-state index in [-0.39, 0.29) is 38.6 Å². The Morgan fingerprint density at radius 2 is 0.645 bits per heavy atom. The van der Waals surface area contributed by atoms with Gasteiger partial charge in [0, 0.05) is 52.4 Å². The van der Waals surface area contributed by atoms with Crippen molar-refractivity contribution < 1.29 is 39.6 Å². The Morgan fingerprint density at radius 3 is 0.806 bits per heavy atom. The fourth-order valence-corrected chi connectivity index (χ4v) is 3.45. The lowest BCUT2D eigenvalue weighted by Gasteiger charge is -2.30. The maximum absolute atomic E-state index is 11.1. The van der Waals surface area contributed by atoms with E-state index in [0.29, 0.717) is 65.2 Å². The molecular formula is C18H33ClN4O8. The molecule has 1 aliphatic heterocycles. The topological polar surface area (TPSA) is 162 Å². The van der Waals surface area contributed by atoms with Gasteiger partial charge in [-0.1, -0.05) is 0 Å². The first-order valence-corrected chi connectivity index (χ1v) is 9.92. The average molecular weight is 469 g/mol. The Hall–Kier alpha value is -1.99. The van der Waals surface area contributed by atoms with E-state index in [9.17, 15) is 19.2 Å². The summed E-state index contributed by atoms with van der Waals surface area (Å²) in [4.78, 5) is 51.5. The van der Waals surface area contributed by atoms with Crippen LogP contribution >= 0.6 is 12.4 Å². The van der Waals surface area contributed by atoms with E-state index >= 15 is 0 Å². The van der Waals surface area contributed by atoms with E-state index in [1.807, 2.05) is 0 Å². The van der Waals surface area contributed by atoms with Crippen LogP contribution in [0.3, 0.4) is 0 Å². The zero-order valence-electron chi connectivity index (χ0n) is 17.5. The molecule has 0 radical (unpaired) electrons. The zero-order chi connectivity index (χ0) is 22.5. The highest BCUT2D eigenvalue weighted by molar-refractivity contribution is 5.85. The van der Waals surface area contributed by atoms with Crippen LogP contribution in [0.1, 0.15) is 12.8 Å². The fourth-order valence-electron chi connectivity index (χ4n) is 3.45. The lowest BCUT2D eigenvalue weighted by molar-refractivity contribution is -0.140. The van der Waals surface area contributed by atoms with Crippen LogP contribution in [-0.2, 0) is 19.2 Å². The molecule has 0 aromatic heterocycles. The standard InChI is InChI=1S/C18H32N4O8.ClH/c23-15(24)11-19-3-1-4-20(12-16(25)26)8-10-22(14-18(29)30)6-2-5-21(9-7-19)13-17(27)28;/h1-14H2,(H,23,24)(H,25,26)(H,27,28)(H,29,30);1H. The molecule has 1 heterocycles. The van der Waals surface area contributed by atoms with Gasteiger partial charge in [0.15, 0.2) is 0 Å². The largest absolute Gasteiger partial charge is 0.480 e. The molecule has 0 atom stereocenters. The van der Waals surface area contributed by atoms with Crippen molar-refractivity contribution in [1.29, 1.82) is 0 Å². The smallest absolute Gasteiger partial charge is 0.317 e. The molecule has 12 nitrogen and oxygen atoms in total. The van der Waals surface area contributed by atoms with Crippen molar-refractivity contribution in [1.82, 2.24) is 19.6 Å². The molecule has 0 aromatic rings. The van der Waals surface area contributed by atoms with Crippen molar-refractivity contribution in [3.05, 3.63) is 0 Å². The lowest BCUT2D eigenvalue weighted by atomic mass is 10.2. The Morgan fingerprint density at radius 1 is 0.452 bits per heavy atom. The van der Waals surface area contributed by atoms with Gasteiger partial charge in [-0.15, -0.1) is 12.4 Å². The van der Waals surface area contributed by atoms with Crippen molar-refractivity contribution in [2.24, 2.45) is 0 Å². The second kappa shape index (κ2) is 15.8. The monoisotopic (exact) mass is 468 g/mol. The Kier molecular flexibility index (Phi) is 14.7. The van der Waals surface area contributed by atoms with Crippen LogP contribution < -0.4 is 0 Å². The lowest BCUT2D eigenvalue weighted by Crippen LogP contribution is -2.44. The second-order valence-electron chi connectivity index (χ2n) is 7.39. The summed E-state index contributed by atoms with van der Waals surface area (Å²) in [5, 5.41) is 36.5. The summed E-state index contributed by atoms with van der Waals surface area (Å²) in [7, 11) is 0. The summed E-state index contributed by atoms with van der Waals surface area (Å²) in [5.74, 6) is -3.92. The summed E-state index contributed by atoms with van der Waals surface area (Å²) in [5.41, 5.74) is 0. The number of halogens is 1. The first kappa shape index (κ1) is 29.0. The maximum Gasteiger partial charge on any atom is 0.317 e. The summed E-state index contributed by atoms with van der Waals surface area (Å²) in [6.07, 6.45) is 1.08. The number of aliphatic carboxylic acids is 4. The van der Waals surface area contributed by atoms with Crippen LogP contribution in [0, 0.1) is 0 Å². The van der Waals surface area contributed by atoms with Gasteiger partial charge in [-0.3, -0.25) is 38.8 Å². The van der Waals surface area contributed by atoms with Gasteiger partial charge >= 0.3 is 23.9 Å². The summed E-state index contributed by atoms with van der Waals surface area (Å²) < 4.78 is 0. The molecule has 0 aliphatic carbocycles. The summed E-state index contributed by atoms with van der Waals surface area (Å²) in [6.45, 7) is 2.52. The quantitative estimate of drug-likeness (QED) is 0.335. The summed E-state index contributed by atoms with van der Waals surface area (Å²) >= 11 is 0. The SMILES string of the molecule is Cl.O=C(O)CN1CCCN(CC(=O)O)CCN(CC(=O)O)CCCN(CC(=O)O)CC1. The Bertz CT molecular complexity index is 497. The molecule has 0 amide bonds. The highest BCUT2D eigenvalue weighted by Crippen LogP contribution is 2.03. The molecule has 4 N–H and O–H groups in total. The molecule has 13 heteroatoms. The van der Waals surface area contributed by atoms with Gasteiger partial charge in [-0.2, -0.15) is 0 Å². The highest BCUT2D eigenvalue weighted by Gasteiger charge is 2.18. The van der Waals surface area contributed by atoms with Crippen LogP contribution in [0.4, 0.5) is 0 Å². The highest BCUT2D eigenvalue weighted by atomic mass is 35.5. The molecule has 0 saturated carbocycles. The molecule has 1 aliphatic rings. The number of carboxylic acids is 4. The normalized spacial score (nSPS) is 19.1. The van der Waals surface area contributed by atoms with Crippen molar-refractivity contribution in [3.8, 4) is 0 Å². The maximum atomic E-state index is 11.1. The first-order chi connectivity index (χ1) is 14.2. The number of nitrogens with zero attached hydrogens (tertiary/aromatic N) is 4. The Labute approximate surface area is 187 Å². The van der Waals surface area contributed by atoms with Crippen LogP contribution in [0.25, 0.3) is 0 Å².